The molecule has 1 N–H and O–H groups in total. The van der Waals surface area contributed by atoms with Crippen molar-refractivity contribution in [1.29, 1.82) is 0 Å². The molecule has 0 atom stereocenters. The van der Waals surface area contributed by atoms with Crippen LogP contribution in [0.15, 0.2) is 47.1 Å². The van der Waals surface area contributed by atoms with Crippen molar-refractivity contribution in [3.8, 4) is 0 Å². The SMILES string of the molecule is COC(=O)C1=C(C)NC(C)=C(C(=O)OC)C1C1C=CN(C(=O)OC)C=C1. The van der Waals surface area contributed by atoms with Crippen LogP contribution in [0.2, 0.25) is 0 Å². The predicted molar refractivity (Wildman–Crippen MR) is 92.1 cm³/mol. The molecular weight excluding hydrogens is 340 g/mol. The average Bonchev–Trinajstić information content (AvgIpc) is 2.65. The number of nitrogens with zero attached hydrogens (tertiary/aromatic N) is 1. The van der Waals surface area contributed by atoms with Gasteiger partial charge in [0.25, 0.3) is 0 Å². The Morgan fingerprint density at radius 2 is 1.35 bits per heavy atom. The molecule has 8 heteroatoms. The van der Waals surface area contributed by atoms with Crippen molar-refractivity contribution in [1.82, 2.24) is 10.2 Å². The van der Waals surface area contributed by atoms with Gasteiger partial charge in [-0.25, -0.2) is 14.4 Å². The van der Waals surface area contributed by atoms with E-state index in [1.54, 1.807) is 26.0 Å². The van der Waals surface area contributed by atoms with Gasteiger partial charge in [0.2, 0.25) is 0 Å². The number of allylic oxidation sites excluding steroid dienone is 4. The third-order valence-corrected chi connectivity index (χ3v) is 4.32. The van der Waals surface area contributed by atoms with E-state index in [1.807, 2.05) is 0 Å². The van der Waals surface area contributed by atoms with E-state index in [2.05, 4.69) is 10.1 Å². The molecule has 0 saturated carbocycles. The highest BCUT2D eigenvalue weighted by Gasteiger charge is 2.40. The lowest BCUT2D eigenvalue weighted by Gasteiger charge is -2.33. The fourth-order valence-electron chi connectivity index (χ4n) is 3.14. The fourth-order valence-corrected chi connectivity index (χ4v) is 3.14. The summed E-state index contributed by atoms with van der Waals surface area (Å²) in [6.45, 7) is 3.49. The third kappa shape index (κ3) is 3.49. The van der Waals surface area contributed by atoms with E-state index < -0.39 is 23.9 Å². The second-order valence-electron chi connectivity index (χ2n) is 5.80. The van der Waals surface area contributed by atoms with Crippen LogP contribution in [-0.2, 0) is 23.8 Å². The van der Waals surface area contributed by atoms with Crippen molar-refractivity contribution >= 4 is 18.0 Å². The summed E-state index contributed by atoms with van der Waals surface area (Å²) < 4.78 is 14.5. The van der Waals surface area contributed by atoms with E-state index >= 15 is 0 Å². The predicted octanol–water partition coefficient (Wildman–Crippen LogP) is 1.83. The van der Waals surface area contributed by atoms with Crippen LogP contribution in [0.4, 0.5) is 4.79 Å². The number of nitrogens with one attached hydrogen (secondary N) is 1. The van der Waals surface area contributed by atoms with Crippen molar-refractivity contribution < 1.29 is 28.6 Å². The molecule has 0 spiro atoms. The molecule has 140 valence electrons. The summed E-state index contributed by atoms with van der Waals surface area (Å²) in [4.78, 5) is 37.6. The molecule has 0 fully saturated rings. The first-order valence-electron chi connectivity index (χ1n) is 7.93. The molecule has 2 rings (SSSR count). The molecule has 26 heavy (non-hydrogen) atoms. The molecule has 2 heterocycles. The molecule has 0 radical (unpaired) electrons. The van der Waals surface area contributed by atoms with Gasteiger partial charge in [0.1, 0.15) is 0 Å². The smallest absolute Gasteiger partial charge is 0.417 e. The second kappa shape index (κ2) is 7.90. The zero-order valence-electron chi connectivity index (χ0n) is 15.4. The average molecular weight is 362 g/mol. The molecule has 0 aliphatic carbocycles. The van der Waals surface area contributed by atoms with Gasteiger partial charge < -0.3 is 19.5 Å². The highest BCUT2D eigenvalue weighted by atomic mass is 16.5. The molecule has 0 saturated heterocycles. The van der Waals surface area contributed by atoms with Crippen LogP contribution in [0.5, 0.6) is 0 Å². The second-order valence-corrected chi connectivity index (χ2v) is 5.80. The molecular formula is C18H22N2O6. The lowest BCUT2D eigenvalue weighted by atomic mass is 9.76. The number of rotatable bonds is 3. The summed E-state index contributed by atoms with van der Waals surface area (Å²) in [7, 11) is 3.86. The highest BCUT2D eigenvalue weighted by molar-refractivity contribution is 5.98. The minimum Gasteiger partial charge on any atom is -0.466 e. The molecule has 0 aromatic carbocycles. The third-order valence-electron chi connectivity index (χ3n) is 4.32. The first-order valence-corrected chi connectivity index (χ1v) is 7.93. The largest absolute Gasteiger partial charge is 0.466 e. The normalized spacial score (nSPS) is 18.0. The molecule has 1 amide bonds. The number of carbonyl (C=O) groups excluding carboxylic acids is 3. The highest BCUT2D eigenvalue weighted by Crippen LogP contribution is 2.38. The molecule has 2 aliphatic rings. The van der Waals surface area contributed by atoms with E-state index in [0.29, 0.717) is 22.5 Å². The van der Waals surface area contributed by atoms with Crippen LogP contribution in [0, 0.1) is 11.8 Å². The Balaban J connectivity index is 2.49. The van der Waals surface area contributed by atoms with Gasteiger partial charge in [0.15, 0.2) is 0 Å². The maximum absolute atomic E-state index is 12.4. The number of ether oxygens (including phenoxy) is 3. The molecule has 8 nitrogen and oxygen atoms in total. The number of dihydropyridines is 1. The van der Waals surface area contributed by atoms with Gasteiger partial charge in [-0.3, -0.25) is 4.90 Å². The monoisotopic (exact) mass is 362 g/mol. The Kier molecular flexibility index (Phi) is 5.86. The summed E-state index contributed by atoms with van der Waals surface area (Å²) in [5.74, 6) is -2.04. The fraction of sp³-hybridized carbons (Fsp3) is 0.389. The molecule has 0 aromatic rings. The lowest BCUT2D eigenvalue weighted by molar-refractivity contribution is -0.137. The summed E-state index contributed by atoms with van der Waals surface area (Å²) in [6.07, 6.45) is 5.97. The summed E-state index contributed by atoms with van der Waals surface area (Å²) in [5, 5.41) is 3.04. The van der Waals surface area contributed by atoms with Gasteiger partial charge >= 0.3 is 18.0 Å². The quantitative estimate of drug-likeness (QED) is 0.604. The van der Waals surface area contributed by atoms with E-state index in [1.165, 1.54) is 38.6 Å². The van der Waals surface area contributed by atoms with Crippen molar-refractivity contribution in [2.75, 3.05) is 21.3 Å². The summed E-state index contributed by atoms with van der Waals surface area (Å²) in [6, 6.07) is 0. The van der Waals surface area contributed by atoms with E-state index in [-0.39, 0.29) is 5.92 Å². The van der Waals surface area contributed by atoms with Gasteiger partial charge in [-0.15, -0.1) is 0 Å². The van der Waals surface area contributed by atoms with Gasteiger partial charge in [-0.2, -0.15) is 0 Å². The number of hydrogen-bond donors (Lipinski definition) is 1. The van der Waals surface area contributed by atoms with Crippen molar-refractivity contribution in [3.63, 3.8) is 0 Å². The minimum absolute atomic E-state index is 0.337. The Bertz CT molecular complexity index is 695. The summed E-state index contributed by atoms with van der Waals surface area (Å²) in [5.41, 5.74) is 1.88. The number of amides is 1. The Morgan fingerprint density at radius 1 is 0.885 bits per heavy atom. The molecule has 0 unspecified atom stereocenters. The van der Waals surface area contributed by atoms with Crippen LogP contribution >= 0.6 is 0 Å². The number of hydrogen-bond acceptors (Lipinski definition) is 7. The van der Waals surface area contributed by atoms with Gasteiger partial charge in [-0.05, 0) is 13.8 Å². The zero-order valence-corrected chi connectivity index (χ0v) is 15.4. The molecule has 0 bridgehead atoms. The van der Waals surface area contributed by atoms with Crippen molar-refractivity contribution in [2.24, 2.45) is 11.8 Å². The van der Waals surface area contributed by atoms with Crippen molar-refractivity contribution in [3.05, 3.63) is 47.1 Å². The Morgan fingerprint density at radius 3 is 1.73 bits per heavy atom. The first kappa shape index (κ1) is 19.3. The van der Waals surface area contributed by atoms with Crippen LogP contribution in [-0.4, -0.2) is 44.3 Å². The van der Waals surface area contributed by atoms with Gasteiger partial charge in [0.05, 0.1) is 32.5 Å². The molecule has 0 aromatic heterocycles. The number of methoxy groups -OCH3 is 3. The maximum Gasteiger partial charge on any atom is 0.417 e. The Hall–Kier alpha value is -3.03. The molecule has 2 aliphatic heterocycles. The standard InChI is InChI=1S/C18H22N2O6/c1-10-13(16(21)24-3)15(14(11(2)19-10)17(22)25-4)12-6-8-20(9-7-12)18(23)26-5/h6-9,12,15,19H,1-5H3. The van der Waals surface area contributed by atoms with Crippen LogP contribution in [0.3, 0.4) is 0 Å². The lowest BCUT2D eigenvalue weighted by Crippen LogP contribution is -2.37. The number of esters is 2. The zero-order chi connectivity index (χ0) is 19.4. The summed E-state index contributed by atoms with van der Waals surface area (Å²) >= 11 is 0. The Labute approximate surface area is 151 Å². The van der Waals surface area contributed by atoms with Crippen molar-refractivity contribution in [2.45, 2.75) is 13.8 Å². The van der Waals surface area contributed by atoms with Crippen LogP contribution in [0.1, 0.15) is 13.8 Å². The minimum atomic E-state index is -0.608. The van der Waals surface area contributed by atoms with E-state index in [9.17, 15) is 14.4 Å². The topological polar surface area (TPSA) is 94.2 Å². The van der Waals surface area contributed by atoms with Crippen LogP contribution < -0.4 is 5.32 Å². The first-order chi connectivity index (χ1) is 12.3. The van der Waals surface area contributed by atoms with E-state index in [0.717, 1.165) is 0 Å². The number of carbonyl (C=O) groups is 3. The van der Waals surface area contributed by atoms with Gasteiger partial charge in [0, 0.05) is 35.6 Å². The van der Waals surface area contributed by atoms with Gasteiger partial charge in [-0.1, -0.05) is 12.2 Å². The maximum atomic E-state index is 12.4. The van der Waals surface area contributed by atoms with E-state index in [4.69, 9.17) is 9.47 Å². The van der Waals surface area contributed by atoms with Crippen LogP contribution in [0.25, 0.3) is 0 Å².